The minimum Gasteiger partial charge on any atom is -0.393 e. The highest BCUT2D eigenvalue weighted by Crippen LogP contribution is 2.29. The molecule has 0 aliphatic heterocycles. The van der Waals surface area contributed by atoms with Crippen LogP contribution in [0.15, 0.2) is 18.3 Å². The van der Waals surface area contributed by atoms with Crippen LogP contribution in [0.25, 0.3) is 0 Å². The van der Waals surface area contributed by atoms with Crippen molar-refractivity contribution in [2.75, 3.05) is 13.6 Å². The first kappa shape index (κ1) is 14.8. The van der Waals surface area contributed by atoms with Gasteiger partial charge in [0.25, 0.3) is 5.91 Å². The molecule has 0 bridgehead atoms. The molecule has 1 fully saturated rings. The van der Waals surface area contributed by atoms with Crippen LogP contribution in [-0.4, -0.2) is 40.6 Å². The largest absolute Gasteiger partial charge is 0.417 e. The molecule has 0 aromatic carbocycles. The van der Waals surface area contributed by atoms with Crippen molar-refractivity contribution in [2.45, 2.75) is 25.1 Å². The van der Waals surface area contributed by atoms with Crippen molar-refractivity contribution in [1.82, 2.24) is 9.88 Å². The normalized spacial score (nSPS) is 22.2. The van der Waals surface area contributed by atoms with Crippen molar-refractivity contribution < 1.29 is 23.1 Å². The number of amides is 1. The predicted octanol–water partition coefficient (Wildman–Crippen LogP) is 1.94. The summed E-state index contributed by atoms with van der Waals surface area (Å²) in [6.07, 6.45) is -2.79. The van der Waals surface area contributed by atoms with Crippen LogP contribution in [0, 0.1) is 5.92 Å². The zero-order chi connectivity index (χ0) is 14.9. The lowest BCUT2D eigenvalue weighted by Crippen LogP contribution is -2.39. The molecule has 2 rings (SSSR count). The van der Waals surface area contributed by atoms with Crippen molar-refractivity contribution >= 4 is 5.91 Å². The molecule has 1 aromatic heterocycles. The molecule has 0 unspecified atom stereocenters. The Balaban J connectivity index is 1.98. The van der Waals surface area contributed by atoms with Gasteiger partial charge < -0.3 is 10.0 Å². The molecule has 1 amide bonds. The molecule has 1 aliphatic rings. The van der Waals surface area contributed by atoms with Crippen LogP contribution in [0.1, 0.15) is 28.9 Å². The maximum atomic E-state index is 12.4. The number of aliphatic hydroxyl groups is 1. The number of rotatable bonds is 3. The van der Waals surface area contributed by atoms with E-state index in [-0.39, 0.29) is 17.7 Å². The van der Waals surface area contributed by atoms with Gasteiger partial charge in [0.2, 0.25) is 0 Å². The Bertz CT molecular complexity index is 481. The van der Waals surface area contributed by atoms with Gasteiger partial charge in [0.15, 0.2) is 0 Å². The van der Waals surface area contributed by atoms with E-state index in [1.165, 1.54) is 4.90 Å². The van der Waals surface area contributed by atoms with Gasteiger partial charge in [0.1, 0.15) is 5.69 Å². The fourth-order valence-electron chi connectivity index (χ4n) is 2.20. The SMILES string of the molecule is CN(CC1CC(O)C1)C(=O)c1ccc(C(F)(F)F)cn1. The molecule has 20 heavy (non-hydrogen) atoms. The summed E-state index contributed by atoms with van der Waals surface area (Å²) in [6, 6.07) is 1.93. The van der Waals surface area contributed by atoms with Crippen molar-refractivity contribution in [2.24, 2.45) is 5.92 Å². The molecular formula is C13H15F3N2O2. The molecular weight excluding hydrogens is 273 g/mol. The lowest BCUT2D eigenvalue weighted by molar-refractivity contribution is -0.137. The quantitative estimate of drug-likeness (QED) is 0.925. The van der Waals surface area contributed by atoms with E-state index in [2.05, 4.69) is 4.98 Å². The maximum Gasteiger partial charge on any atom is 0.417 e. The lowest BCUT2D eigenvalue weighted by atomic mass is 9.82. The van der Waals surface area contributed by atoms with Crippen LogP contribution < -0.4 is 0 Å². The predicted molar refractivity (Wildman–Crippen MR) is 64.9 cm³/mol. The summed E-state index contributed by atoms with van der Waals surface area (Å²) in [6.45, 7) is 0.471. The van der Waals surface area contributed by atoms with Crippen LogP contribution in [0.2, 0.25) is 0 Å². The van der Waals surface area contributed by atoms with E-state index < -0.39 is 17.6 Å². The van der Waals surface area contributed by atoms with Gasteiger partial charge in [-0.05, 0) is 30.9 Å². The molecule has 110 valence electrons. The van der Waals surface area contributed by atoms with E-state index in [4.69, 9.17) is 0 Å². The van der Waals surface area contributed by atoms with Gasteiger partial charge in [-0.2, -0.15) is 13.2 Å². The van der Waals surface area contributed by atoms with Gasteiger partial charge in [0, 0.05) is 19.8 Å². The number of carbonyl (C=O) groups is 1. The third kappa shape index (κ3) is 3.27. The monoisotopic (exact) mass is 288 g/mol. The smallest absolute Gasteiger partial charge is 0.393 e. The zero-order valence-electron chi connectivity index (χ0n) is 10.9. The highest BCUT2D eigenvalue weighted by atomic mass is 19.4. The third-order valence-corrected chi connectivity index (χ3v) is 3.40. The summed E-state index contributed by atoms with van der Waals surface area (Å²) < 4.78 is 37.1. The van der Waals surface area contributed by atoms with Crippen molar-refractivity contribution in [1.29, 1.82) is 0 Å². The minimum atomic E-state index is -4.46. The number of aliphatic hydroxyl groups excluding tert-OH is 1. The van der Waals surface area contributed by atoms with Crippen molar-refractivity contribution in [3.63, 3.8) is 0 Å². The Morgan fingerprint density at radius 1 is 1.45 bits per heavy atom. The third-order valence-electron chi connectivity index (χ3n) is 3.40. The molecule has 7 heteroatoms. The Kier molecular flexibility index (Phi) is 3.99. The van der Waals surface area contributed by atoms with Gasteiger partial charge in [0.05, 0.1) is 11.7 Å². The van der Waals surface area contributed by atoms with Gasteiger partial charge in [-0.15, -0.1) is 0 Å². The number of alkyl halides is 3. The van der Waals surface area contributed by atoms with Gasteiger partial charge >= 0.3 is 6.18 Å². The number of aromatic nitrogens is 1. The summed E-state index contributed by atoms with van der Waals surface area (Å²) in [5.41, 5.74) is -0.890. The van der Waals surface area contributed by atoms with E-state index in [1.54, 1.807) is 7.05 Å². The Hall–Kier alpha value is -1.63. The number of hydrogen-bond donors (Lipinski definition) is 1. The Morgan fingerprint density at radius 3 is 2.55 bits per heavy atom. The summed E-state index contributed by atoms with van der Waals surface area (Å²) in [4.78, 5) is 17.0. The molecule has 0 spiro atoms. The molecule has 1 N–H and O–H groups in total. The van der Waals surface area contributed by atoms with Crippen LogP contribution >= 0.6 is 0 Å². The second-order valence-corrected chi connectivity index (χ2v) is 5.11. The zero-order valence-corrected chi connectivity index (χ0v) is 10.9. The molecule has 1 aromatic rings. The highest BCUT2D eigenvalue weighted by Gasteiger charge is 2.32. The first-order valence-corrected chi connectivity index (χ1v) is 6.24. The molecule has 1 heterocycles. The molecule has 0 atom stereocenters. The lowest BCUT2D eigenvalue weighted by Gasteiger charge is -2.34. The van der Waals surface area contributed by atoms with Crippen LogP contribution in [0.3, 0.4) is 0 Å². The van der Waals surface area contributed by atoms with Crippen LogP contribution in [0.4, 0.5) is 13.2 Å². The average Bonchev–Trinajstić information content (AvgIpc) is 2.35. The molecule has 1 aliphatic carbocycles. The van der Waals surface area contributed by atoms with E-state index in [0.29, 0.717) is 25.6 Å². The molecule has 1 saturated carbocycles. The fraction of sp³-hybridized carbons (Fsp3) is 0.538. The Labute approximate surface area is 114 Å². The molecule has 4 nitrogen and oxygen atoms in total. The Morgan fingerprint density at radius 2 is 2.10 bits per heavy atom. The maximum absolute atomic E-state index is 12.4. The average molecular weight is 288 g/mol. The standard InChI is InChI=1S/C13H15F3N2O2/c1-18(7-8-4-10(19)5-8)12(20)11-3-2-9(6-17-11)13(14,15)16/h2-3,6,8,10,19H,4-5,7H2,1H3. The van der Waals surface area contributed by atoms with Crippen LogP contribution in [0.5, 0.6) is 0 Å². The van der Waals surface area contributed by atoms with Gasteiger partial charge in [-0.3, -0.25) is 9.78 Å². The minimum absolute atomic E-state index is 0.0135. The number of nitrogens with zero attached hydrogens (tertiary/aromatic N) is 2. The first-order chi connectivity index (χ1) is 9.27. The second-order valence-electron chi connectivity index (χ2n) is 5.11. The molecule has 0 radical (unpaired) electrons. The topological polar surface area (TPSA) is 53.4 Å². The molecule has 0 saturated heterocycles. The van der Waals surface area contributed by atoms with Crippen LogP contribution in [-0.2, 0) is 6.18 Å². The van der Waals surface area contributed by atoms with E-state index in [9.17, 15) is 23.1 Å². The summed E-state index contributed by atoms with van der Waals surface area (Å²) in [5.74, 6) is -0.173. The first-order valence-electron chi connectivity index (χ1n) is 6.24. The number of hydrogen-bond acceptors (Lipinski definition) is 3. The summed E-state index contributed by atoms with van der Waals surface area (Å²) >= 11 is 0. The number of carbonyl (C=O) groups excluding carboxylic acids is 1. The summed E-state index contributed by atoms with van der Waals surface area (Å²) in [7, 11) is 1.58. The highest BCUT2D eigenvalue weighted by molar-refractivity contribution is 5.92. The second kappa shape index (κ2) is 5.40. The van der Waals surface area contributed by atoms with E-state index >= 15 is 0 Å². The number of halogens is 3. The fourth-order valence-corrected chi connectivity index (χ4v) is 2.20. The van der Waals surface area contributed by atoms with Crippen molar-refractivity contribution in [3.8, 4) is 0 Å². The van der Waals surface area contributed by atoms with Gasteiger partial charge in [-0.1, -0.05) is 0 Å². The van der Waals surface area contributed by atoms with Crippen molar-refractivity contribution in [3.05, 3.63) is 29.6 Å². The van der Waals surface area contributed by atoms with Gasteiger partial charge in [-0.25, -0.2) is 0 Å². The summed E-state index contributed by atoms with van der Waals surface area (Å²) in [5, 5.41) is 9.17. The number of pyridine rings is 1. The van der Waals surface area contributed by atoms with E-state index in [0.717, 1.165) is 12.1 Å². The van der Waals surface area contributed by atoms with E-state index in [1.807, 2.05) is 0 Å².